The van der Waals surface area contributed by atoms with Gasteiger partial charge >= 0.3 is 6.03 Å². The van der Waals surface area contributed by atoms with E-state index in [1.54, 1.807) is 12.1 Å². The van der Waals surface area contributed by atoms with E-state index in [0.29, 0.717) is 17.3 Å². The second kappa shape index (κ2) is 9.06. The van der Waals surface area contributed by atoms with Crippen molar-refractivity contribution in [3.63, 3.8) is 0 Å². The lowest BCUT2D eigenvalue weighted by Crippen LogP contribution is -2.33. The molecule has 1 atom stereocenters. The molecular weight excluding hydrogens is 346 g/mol. The van der Waals surface area contributed by atoms with E-state index < -0.39 is 0 Å². The van der Waals surface area contributed by atoms with E-state index in [4.69, 9.17) is 11.6 Å². The van der Waals surface area contributed by atoms with Crippen molar-refractivity contribution in [2.24, 2.45) is 5.92 Å². The summed E-state index contributed by atoms with van der Waals surface area (Å²) in [5.74, 6) is 0.795. The van der Waals surface area contributed by atoms with E-state index in [0.717, 1.165) is 18.0 Å². The maximum Gasteiger partial charge on any atom is 0.319 e. The van der Waals surface area contributed by atoms with Crippen LogP contribution in [0.4, 0.5) is 10.5 Å². The number of carbonyl (C=O) groups is 1. The van der Waals surface area contributed by atoms with Gasteiger partial charge in [-0.25, -0.2) is 4.79 Å². The molecule has 1 aliphatic heterocycles. The average Bonchev–Trinajstić information content (AvgIpc) is 2.63. The summed E-state index contributed by atoms with van der Waals surface area (Å²) in [7, 11) is 0. The van der Waals surface area contributed by atoms with E-state index in [2.05, 4.69) is 46.7 Å². The van der Waals surface area contributed by atoms with Crippen LogP contribution in [0.3, 0.4) is 0 Å². The molecule has 0 aromatic heterocycles. The van der Waals surface area contributed by atoms with Crippen LogP contribution < -0.4 is 10.6 Å². The quantitative estimate of drug-likeness (QED) is 0.785. The molecule has 3 rings (SSSR count). The number of benzene rings is 2. The lowest BCUT2D eigenvalue weighted by atomic mass is 9.99. The molecule has 0 spiro atoms. The number of halogens is 1. The molecule has 5 heteroatoms. The Kier molecular flexibility index (Phi) is 6.53. The Bertz CT molecular complexity index is 732. The van der Waals surface area contributed by atoms with Crippen LogP contribution in [-0.4, -0.2) is 24.0 Å². The van der Waals surface area contributed by atoms with Crippen LogP contribution in [0, 0.1) is 5.92 Å². The number of hydrogen-bond donors (Lipinski definition) is 2. The van der Waals surface area contributed by atoms with E-state index in [-0.39, 0.29) is 6.03 Å². The number of rotatable bonds is 5. The topological polar surface area (TPSA) is 44.4 Å². The number of piperidine rings is 1. The lowest BCUT2D eigenvalue weighted by molar-refractivity contribution is 0.176. The molecular formula is C21H26ClN3O. The summed E-state index contributed by atoms with van der Waals surface area (Å²) in [5, 5.41) is 6.15. The zero-order valence-corrected chi connectivity index (χ0v) is 15.9. The number of anilines is 1. The normalized spacial score (nSPS) is 17.7. The van der Waals surface area contributed by atoms with Gasteiger partial charge in [-0.05, 0) is 48.6 Å². The smallest absolute Gasteiger partial charge is 0.319 e. The van der Waals surface area contributed by atoms with Gasteiger partial charge in [0.15, 0.2) is 0 Å². The summed E-state index contributed by atoms with van der Waals surface area (Å²) in [4.78, 5) is 14.5. The summed E-state index contributed by atoms with van der Waals surface area (Å²) in [6, 6.07) is 15.4. The van der Waals surface area contributed by atoms with Gasteiger partial charge in [-0.1, -0.05) is 54.9 Å². The van der Waals surface area contributed by atoms with Gasteiger partial charge < -0.3 is 10.6 Å². The molecule has 0 radical (unpaired) electrons. The fourth-order valence-electron chi connectivity index (χ4n) is 3.36. The number of nitrogens with zero attached hydrogens (tertiary/aromatic N) is 1. The molecule has 0 aliphatic carbocycles. The summed E-state index contributed by atoms with van der Waals surface area (Å²) < 4.78 is 0. The fraction of sp³-hybridized carbons (Fsp3) is 0.381. The van der Waals surface area contributed by atoms with Crippen LogP contribution in [0.5, 0.6) is 0 Å². The van der Waals surface area contributed by atoms with E-state index in [1.807, 2.05) is 12.1 Å². The van der Waals surface area contributed by atoms with Crippen molar-refractivity contribution in [2.45, 2.75) is 32.9 Å². The van der Waals surface area contributed by atoms with Crippen molar-refractivity contribution < 1.29 is 4.79 Å². The third-order valence-electron chi connectivity index (χ3n) is 4.75. The van der Waals surface area contributed by atoms with Crippen LogP contribution in [0.1, 0.15) is 30.9 Å². The summed E-state index contributed by atoms with van der Waals surface area (Å²) >= 11 is 6.05. The highest BCUT2D eigenvalue weighted by Crippen LogP contribution is 2.20. The van der Waals surface area contributed by atoms with E-state index in [9.17, 15) is 4.79 Å². The number of para-hydroxylation sites is 1. The Morgan fingerprint density at radius 1 is 1.15 bits per heavy atom. The number of carbonyl (C=O) groups excluding carboxylic acids is 1. The standard InChI is InChI=1S/C21H26ClN3O/c1-16-5-4-12-25(14-16)15-18-10-8-17(9-11-18)13-23-21(26)24-20-7-3-2-6-19(20)22/h2-3,6-11,16H,4-5,12-15H2,1H3,(H2,23,24,26). The first kappa shape index (κ1) is 18.7. The first-order valence-corrected chi connectivity index (χ1v) is 9.57. The predicted octanol–water partition coefficient (Wildman–Crippen LogP) is 4.89. The van der Waals surface area contributed by atoms with Gasteiger partial charge in [0.1, 0.15) is 0 Å². The van der Waals surface area contributed by atoms with Crippen LogP contribution in [0.2, 0.25) is 5.02 Å². The highest BCUT2D eigenvalue weighted by atomic mass is 35.5. The van der Waals surface area contributed by atoms with Gasteiger partial charge in [0.05, 0.1) is 10.7 Å². The molecule has 1 unspecified atom stereocenters. The van der Waals surface area contributed by atoms with Crippen molar-refractivity contribution in [3.05, 3.63) is 64.7 Å². The van der Waals surface area contributed by atoms with Gasteiger partial charge in [-0.2, -0.15) is 0 Å². The van der Waals surface area contributed by atoms with Crippen molar-refractivity contribution in [3.8, 4) is 0 Å². The number of likely N-dealkylation sites (tertiary alicyclic amines) is 1. The molecule has 4 nitrogen and oxygen atoms in total. The molecule has 1 aliphatic rings. The van der Waals surface area contributed by atoms with Crippen molar-refractivity contribution in [1.29, 1.82) is 0 Å². The molecule has 1 fully saturated rings. The van der Waals surface area contributed by atoms with Gasteiger partial charge in [-0.15, -0.1) is 0 Å². The number of nitrogens with one attached hydrogen (secondary N) is 2. The zero-order chi connectivity index (χ0) is 18.4. The molecule has 26 heavy (non-hydrogen) atoms. The Balaban J connectivity index is 1.46. The molecule has 1 heterocycles. The molecule has 138 valence electrons. The van der Waals surface area contributed by atoms with Crippen molar-refractivity contribution >= 4 is 23.3 Å². The molecule has 0 saturated carbocycles. The fourth-order valence-corrected chi connectivity index (χ4v) is 3.55. The number of amides is 2. The Labute approximate surface area is 160 Å². The van der Waals surface area contributed by atoms with Crippen LogP contribution in [0.25, 0.3) is 0 Å². The number of urea groups is 1. The average molecular weight is 372 g/mol. The van der Waals surface area contributed by atoms with Crippen LogP contribution >= 0.6 is 11.6 Å². The Hall–Kier alpha value is -2.04. The Morgan fingerprint density at radius 3 is 2.62 bits per heavy atom. The monoisotopic (exact) mass is 371 g/mol. The second-order valence-corrected chi connectivity index (χ2v) is 7.49. The maximum absolute atomic E-state index is 12.0. The predicted molar refractivity (Wildman–Crippen MR) is 107 cm³/mol. The third kappa shape index (κ3) is 5.48. The maximum atomic E-state index is 12.0. The molecule has 2 aromatic rings. The van der Waals surface area contributed by atoms with Crippen molar-refractivity contribution in [1.82, 2.24) is 10.2 Å². The molecule has 2 amide bonds. The highest BCUT2D eigenvalue weighted by molar-refractivity contribution is 6.33. The minimum absolute atomic E-state index is 0.260. The second-order valence-electron chi connectivity index (χ2n) is 7.09. The van der Waals surface area contributed by atoms with E-state index in [1.165, 1.54) is 31.5 Å². The minimum atomic E-state index is -0.260. The lowest BCUT2D eigenvalue weighted by Gasteiger charge is -2.30. The van der Waals surface area contributed by atoms with Crippen LogP contribution in [-0.2, 0) is 13.1 Å². The van der Waals surface area contributed by atoms with Gasteiger partial charge in [0.25, 0.3) is 0 Å². The summed E-state index contributed by atoms with van der Waals surface area (Å²) in [6.45, 7) is 6.19. The number of hydrogen-bond acceptors (Lipinski definition) is 2. The third-order valence-corrected chi connectivity index (χ3v) is 5.08. The van der Waals surface area contributed by atoms with Gasteiger partial charge in [-0.3, -0.25) is 4.90 Å². The largest absolute Gasteiger partial charge is 0.334 e. The van der Waals surface area contributed by atoms with Gasteiger partial charge in [0.2, 0.25) is 0 Å². The highest BCUT2D eigenvalue weighted by Gasteiger charge is 2.16. The Morgan fingerprint density at radius 2 is 1.88 bits per heavy atom. The van der Waals surface area contributed by atoms with Gasteiger partial charge in [0, 0.05) is 19.6 Å². The molecule has 0 bridgehead atoms. The molecule has 1 saturated heterocycles. The first-order chi connectivity index (χ1) is 12.6. The molecule has 2 aromatic carbocycles. The first-order valence-electron chi connectivity index (χ1n) is 9.20. The SMILES string of the molecule is CC1CCCN(Cc2ccc(CNC(=O)Nc3ccccc3Cl)cc2)C1. The van der Waals surface area contributed by atoms with Crippen LogP contribution in [0.15, 0.2) is 48.5 Å². The van der Waals surface area contributed by atoms with E-state index >= 15 is 0 Å². The minimum Gasteiger partial charge on any atom is -0.334 e. The zero-order valence-electron chi connectivity index (χ0n) is 15.2. The molecule has 2 N–H and O–H groups in total. The summed E-state index contributed by atoms with van der Waals surface area (Å²) in [6.07, 6.45) is 2.64. The summed E-state index contributed by atoms with van der Waals surface area (Å²) in [5.41, 5.74) is 3.01. The van der Waals surface area contributed by atoms with Crippen molar-refractivity contribution in [2.75, 3.05) is 18.4 Å².